The first kappa shape index (κ1) is 44.4. The Bertz CT molecular complexity index is 4070. The van der Waals surface area contributed by atoms with Crippen LogP contribution in [-0.2, 0) is 5.41 Å². The molecule has 1 aliphatic rings. The van der Waals surface area contributed by atoms with Crippen LogP contribution in [0, 0.1) is 0 Å². The van der Waals surface area contributed by atoms with Gasteiger partial charge in [0.2, 0.25) is 0 Å². The Morgan fingerprint density at radius 3 is 1.68 bits per heavy atom. The number of hydrogen-bond donors (Lipinski definition) is 0. The van der Waals surface area contributed by atoms with Gasteiger partial charge in [0.1, 0.15) is 0 Å². The maximum Gasteiger partial charge on any atom is 0.0541 e. The highest BCUT2D eigenvalue weighted by atomic mass is 15.1. The highest BCUT2D eigenvalue weighted by Gasteiger charge is 2.38. The molecule has 0 bridgehead atoms. The summed E-state index contributed by atoms with van der Waals surface area (Å²) in [5.41, 5.74) is 19.1. The van der Waals surface area contributed by atoms with Crippen molar-refractivity contribution in [3.63, 3.8) is 0 Å². The second kappa shape index (κ2) is 18.9. The molecule has 1 heterocycles. The largest absolute Gasteiger partial charge is 0.310 e. The number of hydrogen-bond acceptors (Lipinski definition) is 1. The first-order valence-corrected chi connectivity index (χ1v) is 25.6. The molecule has 13 rings (SSSR count). The van der Waals surface area contributed by atoms with E-state index in [0.29, 0.717) is 0 Å². The molecule has 1 aromatic heterocycles. The van der Waals surface area contributed by atoms with E-state index in [2.05, 4.69) is 307 Å². The van der Waals surface area contributed by atoms with Crippen molar-refractivity contribution in [1.82, 2.24) is 4.57 Å². The molecule has 74 heavy (non-hydrogen) atoms. The molecule has 0 atom stereocenters. The molecule has 1 aliphatic carbocycles. The zero-order chi connectivity index (χ0) is 49.4. The summed E-state index contributed by atoms with van der Waals surface area (Å²) in [7, 11) is 0. The summed E-state index contributed by atoms with van der Waals surface area (Å²) in [6, 6.07) is 97.8. The molecule has 12 aromatic rings. The van der Waals surface area contributed by atoms with Gasteiger partial charge >= 0.3 is 0 Å². The number of anilines is 3. The van der Waals surface area contributed by atoms with Gasteiger partial charge < -0.3 is 9.47 Å². The van der Waals surface area contributed by atoms with E-state index in [9.17, 15) is 0 Å². The van der Waals surface area contributed by atoms with Crippen LogP contribution in [-0.4, -0.2) is 4.57 Å². The van der Waals surface area contributed by atoms with Crippen molar-refractivity contribution in [2.45, 2.75) is 11.8 Å². The molecule has 0 amide bonds. The molecule has 0 fully saturated rings. The van der Waals surface area contributed by atoms with Gasteiger partial charge in [-0.1, -0.05) is 219 Å². The third kappa shape index (κ3) is 7.94. The van der Waals surface area contributed by atoms with E-state index in [-0.39, 0.29) is 0 Å². The molecule has 0 radical (unpaired) electrons. The van der Waals surface area contributed by atoms with Crippen LogP contribution in [0.2, 0.25) is 0 Å². The summed E-state index contributed by atoms with van der Waals surface area (Å²) in [4.78, 5) is 2.44. The topological polar surface area (TPSA) is 8.17 Å². The third-order valence-corrected chi connectivity index (χ3v) is 15.1. The molecule has 11 aromatic carbocycles. The molecular formula is C72H52N2. The monoisotopic (exact) mass is 944 g/mol. The molecule has 0 spiro atoms. The molecule has 0 saturated carbocycles. The van der Waals surface area contributed by atoms with E-state index in [1.807, 2.05) is 0 Å². The Morgan fingerprint density at radius 2 is 0.919 bits per heavy atom. The van der Waals surface area contributed by atoms with Crippen molar-refractivity contribution < 1.29 is 0 Å². The summed E-state index contributed by atoms with van der Waals surface area (Å²) < 4.78 is 2.38. The van der Waals surface area contributed by atoms with Crippen molar-refractivity contribution in [3.05, 3.63) is 320 Å². The average molecular weight is 945 g/mol. The summed E-state index contributed by atoms with van der Waals surface area (Å²) >= 11 is 0. The molecule has 350 valence electrons. The first-order chi connectivity index (χ1) is 36.6. The summed E-state index contributed by atoms with van der Waals surface area (Å²) in [6.07, 6.45) is 9.52. The van der Waals surface area contributed by atoms with Crippen LogP contribution >= 0.6 is 0 Å². The number of para-hydroxylation sites is 2. The van der Waals surface area contributed by atoms with Gasteiger partial charge in [-0.25, -0.2) is 0 Å². The van der Waals surface area contributed by atoms with Gasteiger partial charge in [-0.3, -0.25) is 0 Å². The molecule has 0 unspecified atom stereocenters. The van der Waals surface area contributed by atoms with Crippen LogP contribution < -0.4 is 4.90 Å². The second-order valence-electron chi connectivity index (χ2n) is 19.4. The summed E-state index contributed by atoms with van der Waals surface area (Å²) in [5.74, 6) is 0. The quantitative estimate of drug-likeness (QED) is 0.140. The zero-order valence-electron chi connectivity index (χ0n) is 41.0. The second-order valence-corrected chi connectivity index (χ2v) is 19.4. The van der Waals surface area contributed by atoms with Crippen LogP contribution in [0.25, 0.3) is 77.2 Å². The Morgan fingerprint density at radius 1 is 0.378 bits per heavy atom. The van der Waals surface area contributed by atoms with Gasteiger partial charge in [-0.15, -0.1) is 0 Å². The lowest BCUT2D eigenvalue weighted by Gasteiger charge is -2.38. The minimum atomic E-state index is -0.524. The van der Waals surface area contributed by atoms with Gasteiger partial charge in [0, 0.05) is 38.9 Å². The number of nitrogens with zero attached hydrogens (tertiary/aromatic N) is 2. The van der Waals surface area contributed by atoms with Gasteiger partial charge in [0.15, 0.2) is 0 Å². The van der Waals surface area contributed by atoms with Crippen LogP contribution in [0.15, 0.2) is 298 Å². The fraction of sp³-hybridized carbons (Fsp3) is 0.0278. The van der Waals surface area contributed by atoms with Gasteiger partial charge in [-0.2, -0.15) is 0 Å². The van der Waals surface area contributed by atoms with Crippen molar-refractivity contribution in [2.24, 2.45) is 0 Å². The van der Waals surface area contributed by atoms with E-state index >= 15 is 0 Å². The summed E-state index contributed by atoms with van der Waals surface area (Å²) in [5, 5.41) is 4.85. The Labute approximate surface area is 433 Å². The number of allylic oxidation sites excluding steroid dienone is 5. The fourth-order valence-electron chi connectivity index (χ4n) is 11.5. The molecule has 2 nitrogen and oxygen atoms in total. The Kier molecular flexibility index (Phi) is 11.4. The first-order valence-electron chi connectivity index (χ1n) is 25.6. The fourth-order valence-corrected chi connectivity index (χ4v) is 11.5. The van der Waals surface area contributed by atoms with Crippen molar-refractivity contribution >= 4 is 55.2 Å². The lowest BCUT2D eigenvalue weighted by atomic mass is 9.65. The number of fused-ring (bicyclic) bond motifs is 5. The van der Waals surface area contributed by atoms with Gasteiger partial charge in [0.05, 0.1) is 11.0 Å². The van der Waals surface area contributed by atoms with Crippen LogP contribution in [0.5, 0.6) is 0 Å². The Hall–Kier alpha value is -9.50. The zero-order valence-corrected chi connectivity index (χ0v) is 41.0. The minimum absolute atomic E-state index is 0.524. The third-order valence-electron chi connectivity index (χ3n) is 15.1. The van der Waals surface area contributed by atoms with Gasteiger partial charge in [-0.05, 0) is 157 Å². The predicted octanol–water partition coefficient (Wildman–Crippen LogP) is 19.3. The molecule has 0 aliphatic heterocycles. The highest BCUT2D eigenvalue weighted by Crippen LogP contribution is 2.49. The maximum atomic E-state index is 4.69. The van der Waals surface area contributed by atoms with Crippen molar-refractivity contribution in [1.29, 1.82) is 0 Å². The highest BCUT2D eigenvalue weighted by molar-refractivity contribution is 6.10. The van der Waals surface area contributed by atoms with Crippen LogP contribution in [0.1, 0.15) is 28.7 Å². The lowest BCUT2D eigenvalue weighted by Crippen LogP contribution is -2.30. The van der Waals surface area contributed by atoms with Crippen molar-refractivity contribution in [2.75, 3.05) is 4.90 Å². The van der Waals surface area contributed by atoms with Crippen LogP contribution in [0.3, 0.4) is 0 Å². The Balaban J connectivity index is 0.971. The number of rotatable bonds is 9. The molecular weight excluding hydrogens is 893 g/mol. The average Bonchev–Trinajstić information content (AvgIpc) is 3.85. The van der Waals surface area contributed by atoms with Crippen molar-refractivity contribution in [3.8, 4) is 39.1 Å². The van der Waals surface area contributed by atoms with E-state index < -0.39 is 5.41 Å². The molecule has 0 N–H and O–H groups in total. The van der Waals surface area contributed by atoms with E-state index in [4.69, 9.17) is 0 Å². The van der Waals surface area contributed by atoms with E-state index in [0.717, 1.165) is 51.4 Å². The predicted molar refractivity (Wildman–Crippen MR) is 314 cm³/mol. The van der Waals surface area contributed by atoms with E-state index in [1.54, 1.807) is 0 Å². The lowest BCUT2D eigenvalue weighted by molar-refractivity contribution is 0.626. The number of benzene rings is 11. The molecule has 2 heteroatoms. The standard InChI is InChI=1S/C72H52N2/c1-51-21-7-6-18-44-72(60-27-10-3-11-28-60,61-29-12-4-13-30-61)69-50-65(41-42-66(51)69)73(64-40-38-57-46-56(36-37-58(57)48-64)52-22-8-2-9-23-52)63-33-20-26-55(47-63)53-24-19-25-54(45-53)59-39-43-71-68(49-59)67-34-16-17-35-70(67)74(71)62-31-14-5-15-32-62/h2-43,45-50H,1,44H2/b18-6-,21-7-. The normalized spacial score (nSPS) is 14.0. The maximum absolute atomic E-state index is 4.69. The minimum Gasteiger partial charge on any atom is -0.310 e. The smallest absolute Gasteiger partial charge is 0.0541 e. The molecule has 0 saturated heterocycles. The summed E-state index contributed by atoms with van der Waals surface area (Å²) in [6.45, 7) is 4.69. The van der Waals surface area contributed by atoms with E-state index in [1.165, 1.54) is 71.5 Å². The number of aromatic nitrogens is 1. The van der Waals surface area contributed by atoms with Gasteiger partial charge in [0.25, 0.3) is 0 Å². The van der Waals surface area contributed by atoms with Crippen LogP contribution in [0.4, 0.5) is 17.1 Å². The SMILES string of the molecule is C=C1/C=C\C=C/CC(c2ccccc2)(c2ccccc2)c2cc(N(c3cccc(-c4cccc(-c5ccc6c(c5)c5ccccc5n6-c5ccccc5)c4)c3)c3ccc4cc(-c5ccccc5)ccc4c3)ccc21.